The summed E-state index contributed by atoms with van der Waals surface area (Å²) in [7, 11) is -3.58. The minimum absolute atomic E-state index is 0.136. The monoisotopic (exact) mass is 411 g/mol. The van der Waals surface area contributed by atoms with Gasteiger partial charge in [0.2, 0.25) is 10.0 Å². The van der Waals surface area contributed by atoms with E-state index in [1.165, 1.54) is 4.31 Å². The fraction of sp³-hybridized carbons (Fsp3) is 0.500. The second kappa shape index (κ2) is 5.81. The number of nitrogens with zero attached hydrogens (tertiary/aromatic N) is 1. The van der Waals surface area contributed by atoms with E-state index in [-0.39, 0.29) is 17.4 Å². The van der Waals surface area contributed by atoms with Crippen LogP contribution < -0.4 is 0 Å². The lowest BCUT2D eigenvalue weighted by atomic mass is 9.98. The van der Waals surface area contributed by atoms with Crippen molar-refractivity contribution >= 4 is 41.9 Å². The molecule has 1 fully saturated rings. The molecular formula is C12H15Br2NO3S. The fourth-order valence-electron chi connectivity index (χ4n) is 2.05. The molecule has 1 heterocycles. The molecule has 0 bridgehead atoms. The summed E-state index contributed by atoms with van der Waals surface area (Å²) in [6.45, 7) is 2.53. The molecule has 0 saturated carbocycles. The highest BCUT2D eigenvalue weighted by Gasteiger charge is 2.33. The zero-order valence-electron chi connectivity index (χ0n) is 10.4. The van der Waals surface area contributed by atoms with E-state index in [0.717, 1.165) is 0 Å². The van der Waals surface area contributed by atoms with Crippen LogP contribution in [0.1, 0.15) is 13.3 Å². The first-order valence-electron chi connectivity index (χ1n) is 5.95. The molecule has 2 atom stereocenters. The topological polar surface area (TPSA) is 57.6 Å². The molecule has 2 unspecified atom stereocenters. The molecule has 1 aliphatic rings. The Morgan fingerprint density at radius 1 is 1.37 bits per heavy atom. The number of rotatable bonds is 2. The molecule has 1 aromatic rings. The summed E-state index contributed by atoms with van der Waals surface area (Å²) >= 11 is 6.55. The van der Waals surface area contributed by atoms with Gasteiger partial charge in [-0.2, -0.15) is 4.31 Å². The highest BCUT2D eigenvalue weighted by molar-refractivity contribution is 9.11. The third-order valence-electron chi connectivity index (χ3n) is 3.39. The number of benzene rings is 1. The Bertz CT molecular complexity index is 576. The second-order valence-electron chi connectivity index (χ2n) is 4.77. The van der Waals surface area contributed by atoms with Crippen molar-refractivity contribution in [3.8, 4) is 0 Å². The highest BCUT2D eigenvalue weighted by atomic mass is 79.9. The van der Waals surface area contributed by atoms with Gasteiger partial charge in [-0.15, -0.1) is 0 Å². The quantitative estimate of drug-likeness (QED) is 0.812. The lowest BCUT2D eigenvalue weighted by molar-refractivity contribution is 0.0605. The third kappa shape index (κ3) is 3.21. The van der Waals surface area contributed by atoms with Gasteiger partial charge in [0, 0.05) is 22.0 Å². The molecule has 0 aliphatic carbocycles. The zero-order valence-corrected chi connectivity index (χ0v) is 14.4. The van der Waals surface area contributed by atoms with Crippen molar-refractivity contribution in [2.75, 3.05) is 13.1 Å². The molecule has 0 spiro atoms. The van der Waals surface area contributed by atoms with Crippen LogP contribution in [0.4, 0.5) is 0 Å². The van der Waals surface area contributed by atoms with Gasteiger partial charge in [-0.25, -0.2) is 8.42 Å². The van der Waals surface area contributed by atoms with Crippen molar-refractivity contribution in [2.24, 2.45) is 5.92 Å². The Morgan fingerprint density at radius 3 is 2.68 bits per heavy atom. The van der Waals surface area contributed by atoms with E-state index in [4.69, 9.17) is 0 Å². The van der Waals surface area contributed by atoms with Gasteiger partial charge < -0.3 is 5.11 Å². The maximum absolute atomic E-state index is 12.6. The highest BCUT2D eigenvalue weighted by Crippen LogP contribution is 2.30. The normalized spacial score (nSPS) is 25.5. The van der Waals surface area contributed by atoms with Crippen molar-refractivity contribution in [2.45, 2.75) is 24.3 Å². The number of aliphatic hydroxyl groups excluding tert-OH is 1. The third-order valence-corrected chi connectivity index (χ3v) is 6.74. The number of hydrogen-bond acceptors (Lipinski definition) is 3. The van der Waals surface area contributed by atoms with Crippen molar-refractivity contribution < 1.29 is 13.5 Å². The average molecular weight is 413 g/mol. The van der Waals surface area contributed by atoms with E-state index in [9.17, 15) is 13.5 Å². The molecule has 0 radical (unpaired) electrons. The molecule has 4 nitrogen and oxygen atoms in total. The van der Waals surface area contributed by atoms with Crippen molar-refractivity contribution in [1.29, 1.82) is 0 Å². The summed E-state index contributed by atoms with van der Waals surface area (Å²) < 4.78 is 27.7. The molecule has 1 N–H and O–H groups in total. The number of piperidine rings is 1. The second-order valence-corrected chi connectivity index (χ2v) is 8.45. The number of halogens is 2. The SMILES string of the molecule is CC1CCN(S(=O)(=O)c2cc(Br)ccc2Br)CC1O. The van der Waals surface area contributed by atoms with Gasteiger partial charge in [0.05, 0.1) is 11.0 Å². The van der Waals surface area contributed by atoms with Gasteiger partial charge in [0.1, 0.15) is 0 Å². The lowest BCUT2D eigenvalue weighted by Gasteiger charge is -2.33. The number of sulfonamides is 1. The molecule has 2 rings (SSSR count). The van der Waals surface area contributed by atoms with Crippen LogP contribution in [0, 0.1) is 5.92 Å². The van der Waals surface area contributed by atoms with Crippen LogP contribution in [0.15, 0.2) is 32.0 Å². The van der Waals surface area contributed by atoms with E-state index in [1.807, 2.05) is 6.92 Å². The van der Waals surface area contributed by atoms with Crippen molar-refractivity contribution in [3.05, 3.63) is 27.1 Å². The maximum atomic E-state index is 12.6. The van der Waals surface area contributed by atoms with Gasteiger partial charge in [0.25, 0.3) is 0 Å². The molecule has 0 aromatic heterocycles. The summed E-state index contributed by atoms with van der Waals surface area (Å²) in [5.74, 6) is 0.136. The molecule has 0 amide bonds. The Labute approximate surface area is 130 Å². The van der Waals surface area contributed by atoms with Gasteiger partial charge >= 0.3 is 0 Å². The molecule has 7 heteroatoms. The molecule has 1 aliphatic heterocycles. The van der Waals surface area contributed by atoms with Crippen LogP contribution in [0.3, 0.4) is 0 Å². The van der Waals surface area contributed by atoms with Crippen molar-refractivity contribution in [1.82, 2.24) is 4.31 Å². The van der Waals surface area contributed by atoms with E-state index in [0.29, 0.717) is 21.9 Å². The first-order valence-corrected chi connectivity index (χ1v) is 8.98. The van der Waals surface area contributed by atoms with Gasteiger partial charge in [-0.3, -0.25) is 0 Å². The zero-order chi connectivity index (χ0) is 14.2. The predicted octanol–water partition coefficient (Wildman–Crippen LogP) is 2.60. The lowest BCUT2D eigenvalue weighted by Crippen LogP contribution is -2.45. The number of aliphatic hydroxyl groups is 1. The Balaban J connectivity index is 2.35. The van der Waals surface area contributed by atoms with E-state index in [2.05, 4.69) is 31.9 Å². The molecule has 19 heavy (non-hydrogen) atoms. The van der Waals surface area contributed by atoms with Crippen LogP contribution in [0.5, 0.6) is 0 Å². The van der Waals surface area contributed by atoms with Gasteiger partial charge in [-0.1, -0.05) is 22.9 Å². The first kappa shape index (κ1) is 15.4. The molecule has 1 aromatic carbocycles. The summed E-state index contributed by atoms with van der Waals surface area (Å²) in [4.78, 5) is 0.226. The Hall–Kier alpha value is 0.0500. The maximum Gasteiger partial charge on any atom is 0.244 e. The van der Waals surface area contributed by atoms with Gasteiger partial charge in [0.15, 0.2) is 0 Å². The van der Waals surface area contributed by atoms with Crippen molar-refractivity contribution in [3.63, 3.8) is 0 Å². The number of hydrogen-bond donors (Lipinski definition) is 1. The van der Waals surface area contributed by atoms with Crippen LogP contribution >= 0.6 is 31.9 Å². The molecule has 1 saturated heterocycles. The average Bonchev–Trinajstić information content (AvgIpc) is 2.35. The number of β-amino-alcohol motifs (C(OH)–C–C–N with tert-alkyl or cyclic N) is 1. The van der Waals surface area contributed by atoms with Crippen LogP contribution in [-0.2, 0) is 10.0 Å². The predicted molar refractivity (Wildman–Crippen MR) is 80.4 cm³/mol. The van der Waals surface area contributed by atoms with Crippen LogP contribution in [0.25, 0.3) is 0 Å². The summed E-state index contributed by atoms with van der Waals surface area (Å²) in [5.41, 5.74) is 0. The Kier molecular flexibility index (Phi) is 4.72. The van der Waals surface area contributed by atoms with Crippen LogP contribution in [0.2, 0.25) is 0 Å². The smallest absolute Gasteiger partial charge is 0.244 e. The van der Waals surface area contributed by atoms with Crippen LogP contribution in [-0.4, -0.2) is 37.0 Å². The summed E-state index contributed by atoms with van der Waals surface area (Å²) in [6, 6.07) is 5.04. The Morgan fingerprint density at radius 2 is 2.05 bits per heavy atom. The molecular weight excluding hydrogens is 398 g/mol. The fourth-order valence-corrected chi connectivity index (χ4v) is 4.99. The summed E-state index contributed by atoms with van der Waals surface area (Å²) in [6.07, 6.45) is 0.0703. The summed E-state index contributed by atoms with van der Waals surface area (Å²) in [5, 5.41) is 9.86. The first-order chi connectivity index (χ1) is 8.82. The largest absolute Gasteiger partial charge is 0.391 e. The van der Waals surface area contributed by atoms with Gasteiger partial charge in [-0.05, 0) is 46.5 Å². The van der Waals surface area contributed by atoms with E-state index >= 15 is 0 Å². The standard InChI is InChI=1S/C12H15Br2NO3S/c1-8-4-5-15(7-11(8)16)19(17,18)12-6-9(13)2-3-10(12)14/h2-3,6,8,11,16H,4-5,7H2,1H3. The van der Waals surface area contributed by atoms with E-state index < -0.39 is 16.1 Å². The van der Waals surface area contributed by atoms with E-state index in [1.54, 1.807) is 18.2 Å². The molecule has 106 valence electrons. The minimum atomic E-state index is -3.58. The minimum Gasteiger partial charge on any atom is -0.391 e.